The molecule has 8 nitrogen and oxygen atoms in total. The van der Waals surface area contributed by atoms with Gasteiger partial charge in [-0.1, -0.05) is 42.5 Å². The zero-order chi connectivity index (χ0) is 25.7. The van der Waals surface area contributed by atoms with Gasteiger partial charge in [-0.25, -0.2) is 0 Å². The SMILES string of the molecule is CC(C)(C)N1CC=C[C@]23O[C@H]4C=CCN(c5ccccc5)C(=O)[C@H]4[C@H]2C(=O)N(CCCCO)C3C1=O. The van der Waals surface area contributed by atoms with Gasteiger partial charge in [0.25, 0.3) is 0 Å². The predicted octanol–water partition coefficient (Wildman–Crippen LogP) is 2.14. The van der Waals surface area contributed by atoms with E-state index in [2.05, 4.69) is 0 Å². The van der Waals surface area contributed by atoms with Crippen LogP contribution in [0.25, 0.3) is 0 Å². The molecule has 4 aliphatic heterocycles. The van der Waals surface area contributed by atoms with Gasteiger partial charge < -0.3 is 24.5 Å². The average molecular weight is 494 g/mol. The fourth-order valence-corrected chi connectivity index (χ4v) is 6.21. The van der Waals surface area contributed by atoms with Crippen molar-refractivity contribution in [1.29, 1.82) is 0 Å². The number of amides is 3. The molecule has 2 saturated heterocycles. The van der Waals surface area contributed by atoms with Gasteiger partial charge in [-0.15, -0.1) is 0 Å². The molecule has 1 N–H and O–H groups in total. The second kappa shape index (κ2) is 9.16. The number of aliphatic hydroxyl groups is 1. The number of carbonyl (C=O) groups is 3. The van der Waals surface area contributed by atoms with Gasteiger partial charge in [-0.05, 0) is 45.7 Å². The smallest absolute Gasteiger partial charge is 0.249 e. The Hall–Kier alpha value is -2.97. The Morgan fingerprint density at radius 3 is 2.44 bits per heavy atom. The summed E-state index contributed by atoms with van der Waals surface area (Å²) in [6.45, 7) is 7.07. The first-order valence-electron chi connectivity index (χ1n) is 12.8. The molecule has 5 atom stereocenters. The third-order valence-electron chi connectivity index (χ3n) is 7.84. The molecule has 1 aromatic carbocycles. The topological polar surface area (TPSA) is 90.4 Å². The highest BCUT2D eigenvalue weighted by atomic mass is 16.5. The van der Waals surface area contributed by atoms with Gasteiger partial charge in [0, 0.05) is 37.5 Å². The normalized spacial score (nSPS) is 31.9. The number of anilines is 1. The molecule has 3 amide bonds. The molecule has 4 aliphatic rings. The minimum atomic E-state index is -1.22. The minimum absolute atomic E-state index is 0.0136. The van der Waals surface area contributed by atoms with E-state index in [4.69, 9.17) is 4.74 Å². The predicted molar refractivity (Wildman–Crippen MR) is 135 cm³/mol. The second-order valence-corrected chi connectivity index (χ2v) is 11.0. The lowest BCUT2D eigenvalue weighted by Crippen LogP contribution is -2.58. The molecule has 1 unspecified atom stereocenters. The molecule has 8 heteroatoms. The molecule has 0 saturated carbocycles. The molecule has 36 heavy (non-hydrogen) atoms. The number of carbonyl (C=O) groups excluding carboxylic acids is 3. The van der Waals surface area contributed by atoms with E-state index in [1.54, 1.807) is 14.7 Å². The number of hydrogen-bond donors (Lipinski definition) is 1. The summed E-state index contributed by atoms with van der Waals surface area (Å²) in [7, 11) is 0. The third kappa shape index (κ3) is 3.78. The number of benzene rings is 1. The Morgan fingerprint density at radius 1 is 1.00 bits per heavy atom. The monoisotopic (exact) mass is 493 g/mol. The summed E-state index contributed by atoms with van der Waals surface area (Å²) >= 11 is 0. The van der Waals surface area contributed by atoms with Gasteiger partial charge in [-0.3, -0.25) is 14.4 Å². The number of rotatable bonds is 5. The molecule has 1 aromatic rings. The Kier molecular flexibility index (Phi) is 6.29. The first-order valence-corrected chi connectivity index (χ1v) is 12.8. The molecular weight excluding hydrogens is 458 g/mol. The van der Waals surface area contributed by atoms with Gasteiger partial charge in [-0.2, -0.15) is 0 Å². The molecule has 2 fully saturated rings. The summed E-state index contributed by atoms with van der Waals surface area (Å²) in [4.78, 5) is 47.3. The van der Waals surface area contributed by atoms with Crippen molar-refractivity contribution in [1.82, 2.24) is 9.80 Å². The summed E-state index contributed by atoms with van der Waals surface area (Å²) in [5, 5.41) is 9.33. The van der Waals surface area contributed by atoms with Crippen LogP contribution in [0.5, 0.6) is 0 Å². The van der Waals surface area contributed by atoms with Crippen LogP contribution >= 0.6 is 0 Å². The maximum atomic E-state index is 14.1. The maximum absolute atomic E-state index is 14.1. The van der Waals surface area contributed by atoms with Gasteiger partial charge >= 0.3 is 0 Å². The number of hydrogen-bond acceptors (Lipinski definition) is 5. The largest absolute Gasteiger partial charge is 0.396 e. The van der Waals surface area contributed by atoms with E-state index in [1.807, 2.05) is 75.4 Å². The molecule has 0 aliphatic carbocycles. The van der Waals surface area contributed by atoms with Crippen LogP contribution < -0.4 is 4.90 Å². The van der Waals surface area contributed by atoms with E-state index >= 15 is 0 Å². The van der Waals surface area contributed by atoms with Crippen LogP contribution in [0.4, 0.5) is 5.69 Å². The number of ether oxygens (including phenoxy) is 1. The molecule has 0 bridgehead atoms. The van der Waals surface area contributed by atoms with E-state index in [0.717, 1.165) is 5.69 Å². The zero-order valence-corrected chi connectivity index (χ0v) is 21.2. The van der Waals surface area contributed by atoms with Crippen molar-refractivity contribution in [3.63, 3.8) is 0 Å². The van der Waals surface area contributed by atoms with Crippen molar-refractivity contribution in [2.24, 2.45) is 11.8 Å². The Bertz CT molecular complexity index is 1090. The van der Waals surface area contributed by atoms with E-state index in [-0.39, 0.29) is 24.3 Å². The number of para-hydroxylation sites is 1. The highest BCUT2D eigenvalue weighted by molar-refractivity contribution is 6.03. The van der Waals surface area contributed by atoms with Crippen LogP contribution in [0.3, 0.4) is 0 Å². The van der Waals surface area contributed by atoms with Crippen molar-refractivity contribution < 1.29 is 24.2 Å². The summed E-state index contributed by atoms with van der Waals surface area (Å²) in [6.07, 6.45) is 8.07. The van der Waals surface area contributed by atoms with Crippen LogP contribution in [0.15, 0.2) is 54.6 Å². The van der Waals surface area contributed by atoms with E-state index in [9.17, 15) is 19.5 Å². The summed E-state index contributed by atoms with van der Waals surface area (Å²) in [6, 6.07) is 8.58. The van der Waals surface area contributed by atoms with E-state index in [1.165, 1.54) is 0 Å². The molecule has 4 heterocycles. The van der Waals surface area contributed by atoms with Crippen LogP contribution in [0.2, 0.25) is 0 Å². The Labute approximate surface area is 212 Å². The zero-order valence-electron chi connectivity index (χ0n) is 21.2. The molecule has 5 rings (SSSR count). The lowest BCUT2D eigenvalue weighted by molar-refractivity contribution is -0.150. The van der Waals surface area contributed by atoms with Crippen LogP contribution in [-0.4, -0.2) is 82.2 Å². The molecule has 1 spiro atoms. The van der Waals surface area contributed by atoms with Crippen molar-refractivity contribution in [3.8, 4) is 0 Å². The summed E-state index contributed by atoms with van der Waals surface area (Å²) in [5.41, 5.74) is -0.905. The number of nitrogens with zero attached hydrogens (tertiary/aromatic N) is 3. The Balaban J connectivity index is 1.59. The number of fused-ring (bicyclic) bond motifs is 2. The fraction of sp³-hybridized carbons (Fsp3) is 0.536. The van der Waals surface area contributed by atoms with Crippen LogP contribution in [0.1, 0.15) is 33.6 Å². The molecular formula is C28H35N3O5. The van der Waals surface area contributed by atoms with Gasteiger partial charge in [0.2, 0.25) is 17.7 Å². The number of aliphatic hydroxyl groups excluding tert-OH is 1. The van der Waals surface area contributed by atoms with E-state index in [0.29, 0.717) is 32.5 Å². The molecule has 0 radical (unpaired) electrons. The van der Waals surface area contributed by atoms with Gasteiger partial charge in [0.15, 0.2) is 0 Å². The second-order valence-electron chi connectivity index (χ2n) is 11.0. The maximum Gasteiger partial charge on any atom is 0.249 e. The lowest BCUT2D eigenvalue weighted by atomic mass is 9.77. The number of unbranched alkanes of at least 4 members (excludes halogenated alkanes) is 1. The lowest BCUT2D eigenvalue weighted by Gasteiger charge is -2.40. The number of likely N-dealkylation sites (tertiary alicyclic amines) is 1. The van der Waals surface area contributed by atoms with Crippen LogP contribution in [0, 0.1) is 11.8 Å². The first-order chi connectivity index (χ1) is 17.2. The highest BCUT2D eigenvalue weighted by Crippen LogP contribution is 2.54. The van der Waals surface area contributed by atoms with E-state index < -0.39 is 35.1 Å². The van der Waals surface area contributed by atoms with Gasteiger partial charge in [0.1, 0.15) is 11.6 Å². The fourth-order valence-electron chi connectivity index (χ4n) is 6.21. The third-order valence-corrected chi connectivity index (χ3v) is 7.84. The van der Waals surface area contributed by atoms with Crippen molar-refractivity contribution in [3.05, 3.63) is 54.6 Å². The van der Waals surface area contributed by atoms with Crippen molar-refractivity contribution in [2.75, 3.05) is 31.1 Å². The van der Waals surface area contributed by atoms with Crippen molar-refractivity contribution >= 4 is 23.4 Å². The Morgan fingerprint density at radius 2 is 1.75 bits per heavy atom. The summed E-state index contributed by atoms with van der Waals surface area (Å²) < 4.78 is 6.65. The average Bonchev–Trinajstić information content (AvgIpc) is 3.14. The highest BCUT2D eigenvalue weighted by Gasteiger charge is 2.72. The van der Waals surface area contributed by atoms with Crippen molar-refractivity contribution in [2.45, 2.75) is 56.9 Å². The standard InChI is InChI=1S/C28H35N3O5/c1-27(2,3)31-17-10-14-28-22(25(34)30(15-7-8-18-32)23(28)26(31)35)21-20(36-28)13-9-16-29(24(21)33)19-11-5-4-6-12-19/h4-6,9-14,20-23,32H,7-8,15-18H2,1-3H3/t20-,21+,22-,23?,28-/m0/s1. The summed E-state index contributed by atoms with van der Waals surface area (Å²) in [5.74, 6) is -2.10. The first kappa shape index (κ1) is 24.7. The quantitative estimate of drug-likeness (QED) is 0.502. The van der Waals surface area contributed by atoms with Crippen LogP contribution in [-0.2, 0) is 19.1 Å². The molecule has 0 aromatic heterocycles. The molecule has 192 valence electrons. The minimum Gasteiger partial charge on any atom is -0.396 e. The van der Waals surface area contributed by atoms with Gasteiger partial charge in [0.05, 0.1) is 17.9 Å².